The summed E-state index contributed by atoms with van der Waals surface area (Å²) in [6, 6.07) is 5.04. The number of hydrogen-bond donors (Lipinski definition) is 4. The van der Waals surface area contributed by atoms with Gasteiger partial charge in [0.1, 0.15) is 5.75 Å². The van der Waals surface area contributed by atoms with Gasteiger partial charge in [0.25, 0.3) is 0 Å². The van der Waals surface area contributed by atoms with Gasteiger partial charge in [-0.05, 0) is 44.4 Å². The molecular formula is C14H27N3O4. The Morgan fingerprint density at radius 1 is 1.29 bits per heavy atom. The van der Waals surface area contributed by atoms with E-state index in [1.54, 1.807) is 18.2 Å². The molecule has 0 saturated carbocycles. The summed E-state index contributed by atoms with van der Waals surface area (Å²) in [5, 5.41) is 9.26. The van der Waals surface area contributed by atoms with Crippen LogP contribution in [0.1, 0.15) is 23.7 Å². The largest absolute Gasteiger partial charge is 0.508 e. The highest BCUT2D eigenvalue weighted by Crippen LogP contribution is 2.34. The molecule has 1 aromatic carbocycles. The first-order valence-electron chi connectivity index (χ1n) is 6.44. The number of ether oxygens (including phenoxy) is 2. The van der Waals surface area contributed by atoms with E-state index in [1.165, 1.54) is 28.3 Å². The van der Waals surface area contributed by atoms with E-state index < -0.39 is 0 Å². The maximum Gasteiger partial charge on any atom is 0.308 e. The van der Waals surface area contributed by atoms with Crippen LogP contribution in [0.15, 0.2) is 18.2 Å². The first kappa shape index (κ1) is 21.6. The number of fused-ring (bicyclic) bond motifs is 1. The summed E-state index contributed by atoms with van der Waals surface area (Å²) in [5.74, 6) is -0.0722. The standard InChI is InChI=1S/C11H12O4.3CH5N/c1-14-11(13)5-10-9-3-2-8(12)4-7(9)6-15-10;3*1-2/h2-4,10,12H,5-6H2,1H3;3*2H2,1H3. The molecule has 7 heteroatoms. The topological polar surface area (TPSA) is 134 Å². The van der Waals surface area contributed by atoms with Crippen molar-refractivity contribution in [2.45, 2.75) is 19.1 Å². The van der Waals surface area contributed by atoms with Crippen molar-refractivity contribution in [2.75, 3.05) is 28.3 Å². The third-order valence-electron chi connectivity index (χ3n) is 2.49. The van der Waals surface area contributed by atoms with Gasteiger partial charge in [-0.25, -0.2) is 0 Å². The summed E-state index contributed by atoms with van der Waals surface area (Å²) in [6.45, 7) is 0.436. The maximum absolute atomic E-state index is 11.1. The molecule has 21 heavy (non-hydrogen) atoms. The highest BCUT2D eigenvalue weighted by Gasteiger charge is 2.25. The monoisotopic (exact) mass is 301 g/mol. The second-order valence-electron chi connectivity index (χ2n) is 3.46. The molecule has 7 nitrogen and oxygen atoms in total. The van der Waals surface area contributed by atoms with Gasteiger partial charge >= 0.3 is 5.97 Å². The molecule has 0 bridgehead atoms. The molecule has 0 fully saturated rings. The van der Waals surface area contributed by atoms with Crippen molar-refractivity contribution >= 4 is 5.97 Å². The molecule has 1 heterocycles. The molecule has 2 rings (SSSR count). The minimum atomic E-state index is -0.291. The van der Waals surface area contributed by atoms with E-state index in [2.05, 4.69) is 21.9 Å². The fourth-order valence-electron chi connectivity index (χ4n) is 1.72. The predicted octanol–water partition coefficient (Wildman–Crippen LogP) is 0.251. The molecule has 0 saturated heterocycles. The molecule has 1 aliphatic heterocycles. The van der Waals surface area contributed by atoms with Gasteiger partial charge in [-0.2, -0.15) is 0 Å². The highest BCUT2D eigenvalue weighted by molar-refractivity contribution is 5.70. The Hall–Kier alpha value is -1.67. The molecule has 0 spiro atoms. The predicted molar refractivity (Wildman–Crippen MR) is 82.6 cm³/mol. The lowest BCUT2D eigenvalue weighted by molar-refractivity contribution is -0.143. The summed E-state index contributed by atoms with van der Waals surface area (Å²) >= 11 is 0. The van der Waals surface area contributed by atoms with Crippen LogP contribution in [0.3, 0.4) is 0 Å². The quantitative estimate of drug-likeness (QED) is 0.575. The van der Waals surface area contributed by atoms with Gasteiger partial charge in [0.15, 0.2) is 0 Å². The number of phenolic OH excluding ortho intramolecular Hbond substituents is 1. The lowest BCUT2D eigenvalue weighted by Gasteiger charge is -2.08. The van der Waals surface area contributed by atoms with Gasteiger partial charge in [-0.1, -0.05) is 6.07 Å². The molecule has 0 radical (unpaired) electrons. The average Bonchev–Trinajstić information content (AvgIpc) is 2.95. The smallest absolute Gasteiger partial charge is 0.308 e. The zero-order chi connectivity index (χ0) is 16.8. The van der Waals surface area contributed by atoms with E-state index >= 15 is 0 Å². The summed E-state index contributed by atoms with van der Waals surface area (Å²) in [7, 11) is 5.86. The van der Waals surface area contributed by atoms with E-state index in [0.717, 1.165) is 11.1 Å². The number of hydrogen-bond acceptors (Lipinski definition) is 7. The lowest BCUT2D eigenvalue weighted by Crippen LogP contribution is -2.07. The number of rotatable bonds is 2. The van der Waals surface area contributed by atoms with Crippen LogP contribution in [0.4, 0.5) is 0 Å². The first-order chi connectivity index (χ1) is 10.2. The number of carbonyl (C=O) groups excluding carboxylic acids is 1. The Morgan fingerprint density at radius 2 is 1.86 bits per heavy atom. The second kappa shape index (κ2) is 13.3. The summed E-state index contributed by atoms with van der Waals surface area (Å²) in [6.07, 6.45) is -0.0260. The number of methoxy groups -OCH3 is 1. The van der Waals surface area contributed by atoms with Crippen LogP contribution in [0.5, 0.6) is 5.75 Å². The van der Waals surface area contributed by atoms with Gasteiger partial charge in [0.2, 0.25) is 0 Å². The summed E-state index contributed by atoms with van der Waals surface area (Å²) in [4.78, 5) is 11.1. The average molecular weight is 301 g/mol. The molecule has 0 aliphatic carbocycles. The molecular weight excluding hydrogens is 274 g/mol. The van der Waals surface area contributed by atoms with Crippen LogP contribution < -0.4 is 17.2 Å². The van der Waals surface area contributed by atoms with E-state index in [0.29, 0.717) is 6.61 Å². The van der Waals surface area contributed by atoms with E-state index in [4.69, 9.17) is 4.74 Å². The summed E-state index contributed by atoms with van der Waals surface area (Å²) in [5.41, 5.74) is 15.4. The lowest BCUT2D eigenvalue weighted by atomic mass is 10.0. The molecule has 1 unspecified atom stereocenters. The molecule has 0 aromatic heterocycles. The third kappa shape index (κ3) is 7.05. The fraction of sp³-hybridized carbons (Fsp3) is 0.500. The van der Waals surface area contributed by atoms with Crippen molar-refractivity contribution in [3.05, 3.63) is 29.3 Å². The number of esters is 1. The van der Waals surface area contributed by atoms with Crippen molar-refractivity contribution < 1.29 is 19.4 Å². The van der Waals surface area contributed by atoms with Crippen LogP contribution in [-0.2, 0) is 20.9 Å². The summed E-state index contributed by atoms with van der Waals surface area (Å²) < 4.78 is 10.0. The van der Waals surface area contributed by atoms with Crippen LogP contribution in [0.2, 0.25) is 0 Å². The minimum Gasteiger partial charge on any atom is -0.508 e. The first-order valence-corrected chi connectivity index (χ1v) is 6.44. The van der Waals surface area contributed by atoms with E-state index in [9.17, 15) is 9.90 Å². The number of nitrogens with two attached hydrogens (primary N) is 3. The van der Waals surface area contributed by atoms with Gasteiger partial charge < -0.3 is 31.8 Å². The minimum absolute atomic E-state index is 0.217. The normalized spacial score (nSPS) is 14.1. The Balaban J connectivity index is 0. The Kier molecular flexibility index (Phi) is 13.7. The Labute approximate surface area is 126 Å². The van der Waals surface area contributed by atoms with Gasteiger partial charge in [-0.15, -0.1) is 0 Å². The van der Waals surface area contributed by atoms with Crippen LogP contribution >= 0.6 is 0 Å². The zero-order valence-corrected chi connectivity index (χ0v) is 13.1. The van der Waals surface area contributed by atoms with Crippen LogP contribution in [-0.4, -0.2) is 39.3 Å². The number of benzene rings is 1. The molecule has 0 amide bonds. The van der Waals surface area contributed by atoms with E-state index in [-0.39, 0.29) is 24.2 Å². The van der Waals surface area contributed by atoms with E-state index in [1.807, 2.05) is 0 Å². The number of carbonyl (C=O) groups is 1. The van der Waals surface area contributed by atoms with Crippen LogP contribution in [0, 0.1) is 0 Å². The third-order valence-corrected chi connectivity index (χ3v) is 2.49. The van der Waals surface area contributed by atoms with Crippen molar-refractivity contribution in [3.63, 3.8) is 0 Å². The zero-order valence-electron chi connectivity index (χ0n) is 13.1. The van der Waals surface area contributed by atoms with Crippen molar-refractivity contribution in [3.8, 4) is 5.75 Å². The van der Waals surface area contributed by atoms with Gasteiger partial charge in [-0.3, -0.25) is 4.79 Å². The number of aromatic hydroxyl groups is 1. The Bertz CT molecular complexity index is 400. The maximum atomic E-state index is 11.1. The number of phenols is 1. The van der Waals surface area contributed by atoms with Gasteiger partial charge in [0, 0.05) is 0 Å². The Morgan fingerprint density at radius 3 is 2.38 bits per heavy atom. The second-order valence-corrected chi connectivity index (χ2v) is 3.46. The van der Waals surface area contributed by atoms with Crippen LogP contribution in [0.25, 0.3) is 0 Å². The molecule has 1 aliphatic rings. The van der Waals surface area contributed by atoms with Crippen molar-refractivity contribution in [1.29, 1.82) is 0 Å². The van der Waals surface area contributed by atoms with Crippen molar-refractivity contribution in [2.24, 2.45) is 17.2 Å². The highest BCUT2D eigenvalue weighted by atomic mass is 16.5. The molecule has 7 N–H and O–H groups in total. The molecule has 1 atom stereocenters. The molecule has 122 valence electrons. The SMILES string of the molecule is CN.CN.CN.COC(=O)CC1OCc2cc(O)ccc21. The molecule has 1 aromatic rings. The fourth-order valence-corrected chi connectivity index (χ4v) is 1.72. The van der Waals surface area contributed by atoms with Crippen molar-refractivity contribution in [1.82, 2.24) is 0 Å². The van der Waals surface area contributed by atoms with Gasteiger partial charge in [0.05, 0.1) is 26.2 Å².